The minimum absolute atomic E-state index is 0.0144. The van der Waals surface area contributed by atoms with Crippen molar-refractivity contribution in [1.82, 2.24) is 10.1 Å². The smallest absolute Gasteiger partial charge is 0.346 e. The van der Waals surface area contributed by atoms with Crippen LogP contribution in [0.4, 0.5) is 5.88 Å². The number of hydrogen-bond acceptors (Lipinski definition) is 8. The predicted octanol–water partition coefficient (Wildman–Crippen LogP) is 1.73. The second-order valence-corrected chi connectivity index (χ2v) is 5.35. The van der Waals surface area contributed by atoms with Crippen molar-refractivity contribution in [2.75, 3.05) is 18.9 Å². The molecule has 0 radical (unpaired) electrons. The van der Waals surface area contributed by atoms with E-state index in [4.69, 9.17) is 15.2 Å². The van der Waals surface area contributed by atoms with Gasteiger partial charge in [0.25, 0.3) is 0 Å². The molecule has 0 amide bonds. The van der Waals surface area contributed by atoms with Gasteiger partial charge in [0, 0.05) is 5.69 Å². The van der Waals surface area contributed by atoms with Crippen LogP contribution in [0, 0.1) is 20.8 Å². The summed E-state index contributed by atoms with van der Waals surface area (Å²) in [7, 11) is 0. The van der Waals surface area contributed by atoms with Crippen LogP contribution >= 0.6 is 0 Å². The summed E-state index contributed by atoms with van der Waals surface area (Å²) in [6.07, 6.45) is 0. The first-order chi connectivity index (χ1) is 11.8. The number of Topliss-reactive ketones (excluding diaryl/α,β-unsaturated/α-hetero) is 1. The average molecular weight is 349 g/mol. The normalized spacial score (nSPS) is 10.6. The van der Waals surface area contributed by atoms with Crippen LogP contribution in [0.5, 0.6) is 0 Å². The summed E-state index contributed by atoms with van der Waals surface area (Å²) in [5, 5.41) is 3.55. The lowest BCUT2D eigenvalue weighted by Gasteiger charge is -2.04. The van der Waals surface area contributed by atoms with Gasteiger partial charge in [-0.1, -0.05) is 5.16 Å². The number of aromatic nitrogens is 2. The van der Waals surface area contributed by atoms with Gasteiger partial charge in [-0.25, -0.2) is 9.59 Å². The monoisotopic (exact) mass is 349 g/mol. The van der Waals surface area contributed by atoms with Crippen molar-refractivity contribution in [3.05, 3.63) is 33.8 Å². The molecule has 2 heterocycles. The lowest BCUT2D eigenvalue weighted by atomic mass is 10.1. The number of hydrogen-bond donors (Lipinski definition) is 2. The van der Waals surface area contributed by atoms with Crippen LogP contribution in [0.15, 0.2) is 4.52 Å². The molecule has 134 valence electrons. The summed E-state index contributed by atoms with van der Waals surface area (Å²) in [6.45, 7) is 6.20. The summed E-state index contributed by atoms with van der Waals surface area (Å²) < 4.78 is 14.6. The fourth-order valence-corrected chi connectivity index (χ4v) is 2.45. The molecule has 25 heavy (non-hydrogen) atoms. The number of nitrogens with two attached hydrogens (primary N) is 1. The molecular weight excluding hydrogens is 330 g/mol. The van der Waals surface area contributed by atoms with E-state index in [1.54, 1.807) is 20.8 Å². The second kappa shape index (κ2) is 7.20. The topological polar surface area (TPSA) is 138 Å². The Labute approximate surface area is 143 Å². The van der Waals surface area contributed by atoms with Gasteiger partial charge in [0.05, 0.1) is 23.6 Å². The fourth-order valence-electron chi connectivity index (χ4n) is 2.45. The quantitative estimate of drug-likeness (QED) is 0.594. The van der Waals surface area contributed by atoms with E-state index in [2.05, 4.69) is 14.7 Å². The van der Waals surface area contributed by atoms with Crippen LogP contribution in [0.25, 0.3) is 0 Å². The minimum atomic E-state index is -0.809. The highest BCUT2D eigenvalue weighted by atomic mass is 16.5. The van der Waals surface area contributed by atoms with E-state index in [9.17, 15) is 14.4 Å². The van der Waals surface area contributed by atoms with Gasteiger partial charge in [-0.3, -0.25) is 4.79 Å². The largest absolute Gasteiger partial charge is 0.462 e. The van der Waals surface area contributed by atoms with E-state index in [1.165, 1.54) is 6.92 Å². The first-order valence-corrected chi connectivity index (χ1v) is 7.56. The Kier molecular flexibility index (Phi) is 5.26. The number of nitrogen functional groups attached to an aromatic ring is 1. The van der Waals surface area contributed by atoms with Crippen molar-refractivity contribution < 1.29 is 28.4 Å². The predicted molar refractivity (Wildman–Crippen MR) is 86.5 cm³/mol. The number of aryl methyl sites for hydroxylation is 2. The van der Waals surface area contributed by atoms with E-state index in [-0.39, 0.29) is 29.4 Å². The number of nitrogens with zero attached hydrogens (tertiary/aromatic N) is 1. The lowest BCUT2D eigenvalue weighted by Crippen LogP contribution is -2.16. The van der Waals surface area contributed by atoms with E-state index in [0.717, 1.165) is 0 Å². The number of ether oxygens (including phenoxy) is 2. The number of rotatable bonds is 6. The second-order valence-electron chi connectivity index (χ2n) is 5.35. The average Bonchev–Trinajstić information content (AvgIpc) is 3.04. The van der Waals surface area contributed by atoms with E-state index in [0.29, 0.717) is 16.8 Å². The number of carbonyl (C=O) groups is 3. The Morgan fingerprint density at radius 2 is 1.76 bits per heavy atom. The Morgan fingerprint density at radius 1 is 1.12 bits per heavy atom. The zero-order valence-electron chi connectivity index (χ0n) is 14.4. The number of esters is 2. The van der Waals surface area contributed by atoms with Gasteiger partial charge in [-0.15, -0.1) is 0 Å². The molecule has 0 saturated heterocycles. The Bertz CT molecular complexity index is 814. The van der Waals surface area contributed by atoms with Gasteiger partial charge >= 0.3 is 11.9 Å². The molecule has 9 heteroatoms. The molecule has 0 saturated carbocycles. The van der Waals surface area contributed by atoms with Crippen molar-refractivity contribution in [1.29, 1.82) is 0 Å². The molecule has 0 bridgehead atoms. The highest BCUT2D eigenvalue weighted by Gasteiger charge is 2.25. The third-order valence-corrected chi connectivity index (χ3v) is 3.62. The molecule has 0 aliphatic heterocycles. The lowest BCUT2D eigenvalue weighted by molar-refractivity contribution is 0.0472. The van der Waals surface area contributed by atoms with Crippen LogP contribution in [0.1, 0.15) is 55.1 Å². The van der Waals surface area contributed by atoms with Crippen molar-refractivity contribution in [2.45, 2.75) is 27.7 Å². The summed E-state index contributed by atoms with van der Waals surface area (Å²) in [5.41, 5.74) is 7.18. The van der Waals surface area contributed by atoms with Crippen LogP contribution in [-0.2, 0) is 9.47 Å². The van der Waals surface area contributed by atoms with Gasteiger partial charge in [0.1, 0.15) is 5.56 Å². The zero-order chi connectivity index (χ0) is 18.7. The Morgan fingerprint density at radius 3 is 2.32 bits per heavy atom. The first-order valence-electron chi connectivity index (χ1n) is 7.56. The summed E-state index contributed by atoms with van der Waals surface area (Å²) in [4.78, 5) is 39.1. The van der Waals surface area contributed by atoms with Crippen LogP contribution in [0.2, 0.25) is 0 Å². The van der Waals surface area contributed by atoms with Gasteiger partial charge in [-0.2, -0.15) is 0 Å². The maximum absolute atomic E-state index is 12.3. The molecule has 0 aromatic carbocycles. The van der Waals surface area contributed by atoms with E-state index >= 15 is 0 Å². The first kappa shape index (κ1) is 18.2. The molecule has 0 unspecified atom stereocenters. The Hall–Kier alpha value is -3.10. The fraction of sp³-hybridized carbons (Fsp3) is 0.375. The summed E-state index contributed by atoms with van der Waals surface area (Å²) >= 11 is 0. The third-order valence-electron chi connectivity index (χ3n) is 3.62. The number of ketones is 1. The number of H-pyrrole nitrogens is 1. The SMILES string of the molecule is CCOC(=O)c1c(C)[nH]c(C(=O)COC(=O)c2c(C)noc2N)c1C. The molecule has 0 atom stereocenters. The van der Waals surface area contributed by atoms with Crippen LogP contribution in [-0.4, -0.2) is 41.1 Å². The van der Waals surface area contributed by atoms with E-state index < -0.39 is 24.3 Å². The number of carbonyl (C=O) groups excluding carboxylic acids is 3. The highest BCUT2D eigenvalue weighted by molar-refractivity contribution is 6.03. The van der Waals surface area contributed by atoms with Gasteiger partial charge in [-0.05, 0) is 33.3 Å². The maximum Gasteiger partial charge on any atom is 0.346 e. The standard InChI is InChI=1S/C16H19N3O6/c1-5-23-15(21)11-7(2)13(18-8(11)3)10(20)6-24-16(22)12-9(4)19-25-14(12)17/h18H,5-6,17H2,1-4H3. The number of aromatic amines is 1. The molecule has 0 fully saturated rings. The minimum Gasteiger partial charge on any atom is -0.462 e. The van der Waals surface area contributed by atoms with Crippen molar-refractivity contribution >= 4 is 23.6 Å². The molecule has 3 N–H and O–H groups in total. The molecule has 9 nitrogen and oxygen atoms in total. The molecule has 2 rings (SSSR count). The number of nitrogens with one attached hydrogen (secondary N) is 1. The van der Waals surface area contributed by atoms with Crippen molar-refractivity contribution in [3.63, 3.8) is 0 Å². The van der Waals surface area contributed by atoms with Crippen molar-refractivity contribution in [2.24, 2.45) is 0 Å². The van der Waals surface area contributed by atoms with Crippen LogP contribution < -0.4 is 5.73 Å². The summed E-state index contributed by atoms with van der Waals surface area (Å²) in [6, 6.07) is 0. The Balaban J connectivity index is 2.13. The zero-order valence-corrected chi connectivity index (χ0v) is 14.4. The highest BCUT2D eigenvalue weighted by Crippen LogP contribution is 2.20. The molecule has 0 aliphatic rings. The molecular formula is C16H19N3O6. The van der Waals surface area contributed by atoms with Crippen LogP contribution in [0.3, 0.4) is 0 Å². The third kappa shape index (κ3) is 3.54. The van der Waals surface area contributed by atoms with Gasteiger partial charge < -0.3 is 24.7 Å². The molecule has 2 aromatic rings. The van der Waals surface area contributed by atoms with Gasteiger partial charge in [0.15, 0.2) is 6.61 Å². The number of anilines is 1. The molecule has 2 aromatic heterocycles. The molecule has 0 aliphatic carbocycles. The van der Waals surface area contributed by atoms with Gasteiger partial charge in [0.2, 0.25) is 11.7 Å². The summed E-state index contributed by atoms with van der Waals surface area (Å²) in [5.74, 6) is -1.99. The molecule has 0 spiro atoms. The van der Waals surface area contributed by atoms with E-state index in [1.807, 2.05) is 0 Å². The maximum atomic E-state index is 12.3. The van der Waals surface area contributed by atoms with Crippen molar-refractivity contribution in [3.8, 4) is 0 Å².